The molecule has 5 nitrogen and oxygen atoms in total. The fourth-order valence-electron chi connectivity index (χ4n) is 3.32. The average Bonchev–Trinajstić information content (AvgIpc) is 2.63. The van der Waals surface area contributed by atoms with Crippen LogP contribution in [0.5, 0.6) is 0 Å². The van der Waals surface area contributed by atoms with Crippen LogP contribution in [0.15, 0.2) is 54.6 Å². The van der Waals surface area contributed by atoms with Gasteiger partial charge in [0.2, 0.25) is 5.91 Å². The number of piperazine rings is 1. The molecule has 0 unspecified atom stereocenters. The second-order valence-electron chi connectivity index (χ2n) is 6.37. The molecule has 0 radical (unpaired) electrons. The summed E-state index contributed by atoms with van der Waals surface area (Å²) in [6.45, 7) is 4.37. The Kier molecular flexibility index (Phi) is 5.14. The first-order valence-corrected chi connectivity index (χ1v) is 8.41. The van der Waals surface area contributed by atoms with E-state index in [1.807, 2.05) is 29.2 Å². The van der Waals surface area contributed by atoms with E-state index < -0.39 is 5.97 Å². The molecule has 0 aromatic heterocycles. The first kappa shape index (κ1) is 17.2. The van der Waals surface area contributed by atoms with Gasteiger partial charge in [0, 0.05) is 33.1 Å². The van der Waals surface area contributed by atoms with Gasteiger partial charge >= 0.3 is 5.97 Å². The summed E-state index contributed by atoms with van der Waals surface area (Å²) in [7, 11) is 0. The van der Waals surface area contributed by atoms with Gasteiger partial charge in [0.1, 0.15) is 0 Å². The third-order valence-corrected chi connectivity index (χ3v) is 4.68. The molecule has 5 heteroatoms. The van der Waals surface area contributed by atoms with Crippen molar-refractivity contribution in [3.63, 3.8) is 0 Å². The normalized spacial score (nSPS) is 18.1. The zero-order chi connectivity index (χ0) is 17.8. The number of carbonyl (C=O) groups excluding carboxylic acids is 1. The fourth-order valence-corrected chi connectivity index (χ4v) is 3.32. The minimum absolute atomic E-state index is 0.0912. The van der Waals surface area contributed by atoms with Gasteiger partial charge in [-0.15, -0.1) is 0 Å². The number of carboxylic acids is 1. The lowest BCUT2D eigenvalue weighted by Crippen LogP contribution is -2.49. The van der Waals surface area contributed by atoms with E-state index in [9.17, 15) is 14.7 Å². The molecule has 1 amide bonds. The van der Waals surface area contributed by atoms with Crippen molar-refractivity contribution in [2.45, 2.75) is 19.5 Å². The maximum Gasteiger partial charge on any atom is 0.335 e. The summed E-state index contributed by atoms with van der Waals surface area (Å²) >= 11 is 0. The fraction of sp³-hybridized carbons (Fsp3) is 0.300. The monoisotopic (exact) mass is 338 g/mol. The molecule has 1 aliphatic rings. The Hall–Kier alpha value is -2.66. The highest BCUT2D eigenvalue weighted by atomic mass is 16.4. The van der Waals surface area contributed by atoms with Gasteiger partial charge in [-0.3, -0.25) is 9.69 Å². The Morgan fingerprint density at radius 2 is 1.84 bits per heavy atom. The van der Waals surface area contributed by atoms with E-state index in [1.165, 1.54) is 5.56 Å². The van der Waals surface area contributed by atoms with Gasteiger partial charge in [0.15, 0.2) is 0 Å². The van der Waals surface area contributed by atoms with Crippen LogP contribution in [0.1, 0.15) is 34.5 Å². The van der Waals surface area contributed by atoms with Crippen LogP contribution < -0.4 is 0 Å². The van der Waals surface area contributed by atoms with E-state index in [1.54, 1.807) is 25.1 Å². The lowest BCUT2D eigenvalue weighted by Gasteiger charge is -2.41. The van der Waals surface area contributed by atoms with E-state index in [0.29, 0.717) is 25.2 Å². The zero-order valence-corrected chi connectivity index (χ0v) is 14.3. The van der Waals surface area contributed by atoms with Gasteiger partial charge in [-0.1, -0.05) is 42.5 Å². The maximum atomic E-state index is 11.8. The van der Waals surface area contributed by atoms with Crippen molar-refractivity contribution in [2.75, 3.05) is 19.6 Å². The molecular weight excluding hydrogens is 316 g/mol. The van der Waals surface area contributed by atoms with Gasteiger partial charge in [0.05, 0.1) is 11.6 Å². The molecule has 1 fully saturated rings. The van der Waals surface area contributed by atoms with Crippen LogP contribution in [0.4, 0.5) is 0 Å². The summed E-state index contributed by atoms with van der Waals surface area (Å²) in [4.78, 5) is 27.2. The molecule has 1 saturated heterocycles. The minimum Gasteiger partial charge on any atom is -0.478 e. The molecule has 1 heterocycles. The van der Waals surface area contributed by atoms with E-state index in [-0.39, 0.29) is 11.9 Å². The van der Waals surface area contributed by atoms with Gasteiger partial charge < -0.3 is 10.0 Å². The summed E-state index contributed by atoms with van der Waals surface area (Å²) < 4.78 is 0. The van der Waals surface area contributed by atoms with Gasteiger partial charge in [0.25, 0.3) is 0 Å². The Balaban J connectivity index is 1.84. The van der Waals surface area contributed by atoms with Gasteiger partial charge in [-0.25, -0.2) is 4.79 Å². The summed E-state index contributed by atoms with van der Waals surface area (Å²) in [5.74, 6) is -0.823. The molecule has 2 aromatic rings. The van der Waals surface area contributed by atoms with Crippen molar-refractivity contribution < 1.29 is 14.7 Å². The molecule has 0 bridgehead atoms. The number of carboxylic acid groups (broad SMARTS) is 1. The first-order chi connectivity index (χ1) is 12.0. The van der Waals surface area contributed by atoms with Crippen LogP contribution in [0.2, 0.25) is 0 Å². The Labute approximate surface area is 147 Å². The number of amides is 1. The molecule has 1 aliphatic heterocycles. The lowest BCUT2D eigenvalue weighted by molar-refractivity contribution is -0.132. The van der Waals surface area contributed by atoms with Crippen molar-refractivity contribution >= 4 is 11.9 Å². The molecule has 130 valence electrons. The summed E-state index contributed by atoms with van der Waals surface area (Å²) in [5, 5.41) is 9.18. The molecule has 1 N–H and O–H groups in total. The van der Waals surface area contributed by atoms with Crippen molar-refractivity contribution in [3.05, 3.63) is 71.3 Å². The van der Waals surface area contributed by atoms with Crippen molar-refractivity contribution in [1.82, 2.24) is 9.80 Å². The first-order valence-electron chi connectivity index (χ1n) is 8.41. The molecule has 0 aliphatic carbocycles. The largest absolute Gasteiger partial charge is 0.478 e. The number of carbonyl (C=O) groups is 2. The van der Waals surface area contributed by atoms with Gasteiger partial charge in [-0.2, -0.15) is 0 Å². The summed E-state index contributed by atoms with van der Waals surface area (Å²) in [5.41, 5.74) is 2.44. The van der Waals surface area contributed by atoms with Gasteiger partial charge in [-0.05, 0) is 23.3 Å². The van der Waals surface area contributed by atoms with Crippen LogP contribution in [0, 0.1) is 0 Å². The predicted molar refractivity (Wildman–Crippen MR) is 95.2 cm³/mol. The molecule has 3 rings (SSSR count). The van der Waals surface area contributed by atoms with Crippen molar-refractivity contribution in [2.24, 2.45) is 0 Å². The molecule has 0 spiro atoms. The maximum absolute atomic E-state index is 11.8. The third kappa shape index (κ3) is 4.06. The quantitative estimate of drug-likeness (QED) is 0.931. The van der Waals surface area contributed by atoms with Crippen LogP contribution in [-0.4, -0.2) is 46.4 Å². The molecule has 1 atom stereocenters. The molecule has 0 saturated carbocycles. The van der Waals surface area contributed by atoms with Crippen LogP contribution in [0.25, 0.3) is 0 Å². The number of aromatic carboxylic acids is 1. The number of benzene rings is 2. The standard InChI is InChI=1S/C20H22N2O3/c1-15(23)21-10-11-22(19(14-21)17-7-3-2-4-8-17)13-16-6-5-9-18(12-16)20(24)25/h2-9,12,19H,10-11,13-14H2,1H3,(H,24,25)/t19-/m0/s1. The summed E-state index contributed by atoms with van der Waals surface area (Å²) in [6.07, 6.45) is 0. The smallest absolute Gasteiger partial charge is 0.335 e. The number of hydrogen-bond acceptors (Lipinski definition) is 3. The number of rotatable bonds is 4. The zero-order valence-electron chi connectivity index (χ0n) is 14.3. The van der Waals surface area contributed by atoms with Crippen LogP contribution >= 0.6 is 0 Å². The lowest BCUT2D eigenvalue weighted by atomic mass is 10.0. The molecule has 25 heavy (non-hydrogen) atoms. The summed E-state index contributed by atoms with van der Waals surface area (Å²) in [6, 6.07) is 17.3. The van der Waals surface area contributed by atoms with E-state index in [0.717, 1.165) is 12.1 Å². The Morgan fingerprint density at radius 1 is 1.08 bits per heavy atom. The average molecular weight is 338 g/mol. The number of hydrogen-bond donors (Lipinski definition) is 1. The van der Waals surface area contributed by atoms with Crippen molar-refractivity contribution in [3.8, 4) is 0 Å². The van der Waals surface area contributed by atoms with Crippen molar-refractivity contribution in [1.29, 1.82) is 0 Å². The topological polar surface area (TPSA) is 60.9 Å². The SMILES string of the molecule is CC(=O)N1CCN(Cc2cccc(C(=O)O)c2)[C@H](c2ccccc2)C1. The second kappa shape index (κ2) is 7.49. The highest BCUT2D eigenvalue weighted by molar-refractivity contribution is 5.87. The van der Waals surface area contributed by atoms with E-state index in [4.69, 9.17) is 0 Å². The highest BCUT2D eigenvalue weighted by Gasteiger charge is 2.29. The number of nitrogens with zero attached hydrogens (tertiary/aromatic N) is 2. The third-order valence-electron chi connectivity index (χ3n) is 4.68. The second-order valence-corrected chi connectivity index (χ2v) is 6.37. The predicted octanol–water partition coefficient (Wildman–Crippen LogP) is 2.79. The van der Waals surface area contributed by atoms with Crippen LogP contribution in [0.3, 0.4) is 0 Å². The van der Waals surface area contributed by atoms with E-state index in [2.05, 4.69) is 17.0 Å². The molecular formula is C20H22N2O3. The highest BCUT2D eigenvalue weighted by Crippen LogP contribution is 2.27. The molecule has 2 aromatic carbocycles. The Morgan fingerprint density at radius 3 is 2.52 bits per heavy atom. The van der Waals surface area contributed by atoms with E-state index >= 15 is 0 Å². The van der Waals surface area contributed by atoms with Crippen LogP contribution in [-0.2, 0) is 11.3 Å². The minimum atomic E-state index is -0.914. The Bertz CT molecular complexity index is 761.